The lowest BCUT2D eigenvalue weighted by atomic mass is 9.52. The van der Waals surface area contributed by atoms with Crippen LogP contribution < -0.4 is 0 Å². The first-order chi connectivity index (χ1) is 16.5. The largest absolute Gasteiger partial charge is 0.508 e. The Labute approximate surface area is 202 Å². The molecule has 2 aromatic carbocycles. The third-order valence-electron chi connectivity index (χ3n) is 9.00. The molecule has 182 valence electrons. The van der Waals surface area contributed by atoms with E-state index >= 15 is 0 Å². The number of nitrogens with zero attached hydrogens (tertiary/aromatic N) is 1. The Bertz CT molecular complexity index is 1000. The van der Waals surface area contributed by atoms with Gasteiger partial charge in [-0.25, -0.2) is 4.79 Å². The lowest BCUT2D eigenvalue weighted by Crippen LogP contribution is -2.61. The van der Waals surface area contributed by atoms with Crippen molar-refractivity contribution < 1.29 is 20.1 Å². The first kappa shape index (κ1) is 23.4. The second kappa shape index (κ2) is 9.71. The minimum atomic E-state index is -1.41. The summed E-state index contributed by atoms with van der Waals surface area (Å²) in [6.45, 7) is 2.64. The summed E-state index contributed by atoms with van der Waals surface area (Å²) in [5, 5.41) is 27.5. The van der Waals surface area contributed by atoms with Gasteiger partial charge in [0.05, 0.1) is 0 Å². The number of hydrogen-bond donors (Lipinski definition) is 3. The Kier molecular flexibility index (Phi) is 6.67. The fourth-order valence-electron chi connectivity index (χ4n) is 7.08. The number of likely N-dealkylation sites (tertiary alicyclic amines) is 1. The van der Waals surface area contributed by atoms with E-state index in [0.717, 1.165) is 17.9 Å². The van der Waals surface area contributed by atoms with Crippen LogP contribution in [0.4, 0.5) is 0 Å². The Morgan fingerprint density at radius 1 is 1.03 bits per heavy atom. The van der Waals surface area contributed by atoms with Gasteiger partial charge in [0.15, 0.2) is 6.10 Å². The van der Waals surface area contributed by atoms with E-state index in [2.05, 4.69) is 17.0 Å². The van der Waals surface area contributed by atoms with Gasteiger partial charge in [-0.3, -0.25) is 4.90 Å². The van der Waals surface area contributed by atoms with Gasteiger partial charge >= 0.3 is 5.97 Å². The summed E-state index contributed by atoms with van der Waals surface area (Å²) in [6, 6.07) is 15.3. The van der Waals surface area contributed by atoms with Crippen molar-refractivity contribution in [1.82, 2.24) is 4.90 Å². The highest BCUT2D eigenvalue weighted by Crippen LogP contribution is 2.56. The molecule has 3 N–H and O–H groups in total. The molecule has 4 atom stereocenters. The average molecular weight is 464 g/mol. The van der Waals surface area contributed by atoms with E-state index < -0.39 is 12.1 Å². The van der Waals surface area contributed by atoms with Crippen LogP contribution >= 0.6 is 0 Å². The average Bonchev–Trinajstić information content (AvgIpc) is 2.83. The van der Waals surface area contributed by atoms with Gasteiger partial charge in [-0.2, -0.15) is 0 Å². The van der Waals surface area contributed by atoms with E-state index in [-0.39, 0.29) is 0 Å². The summed E-state index contributed by atoms with van der Waals surface area (Å²) < 4.78 is 0. The standard InChI is InChI=1S/C21H29NO.C8H8O3/c23-17-8-7-16-12-20-18-6-1-2-9-21(18,19(16)13-17)10-11-22(20)14-15-4-3-5-15;9-7(8(10)11)6-4-2-1-3-5-6/h7-8,13,15,18,20,23H,1-6,9-12,14H2;1-5,7,9H,(H,10,11)/t18-,20-,21+;7-/m00/s1. The normalized spacial score (nSPS) is 29.0. The Morgan fingerprint density at radius 3 is 2.53 bits per heavy atom. The zero-order valence-corrected chi connectivity index (χ0v) is 19.9. The van der Waals surface area contributed by atoms with Crippen molar-refractivity contribution in [3.63, 3.8) is 0 Å². The van der Waals surface area contributed by atoms with Crippen LogP contribution in [0.25, 0.3) is 0 Å². The second-order valence-electron chi connectivity index (χ2n) is 10.8. The van der Waals surface area contributed by atoms with Crippen molar-refractivity contribution in [3.05, 3.63) is 65.2 Å². The highest BCUT2D eigenvalue weighted by molar-refractivity contribution is 5.73. The number of phenolic OH excluding ortho intramolecular Hbond substituents is 1. The predicted octanol–water partition coefficient (Wildman–Crippen LogP) is 5.06. The number of rotatable bonds is 4. The maximum absolute atomic E-state index is 10.2. The van der Waals surface area contributed by atoms with Crippen LogP contribution in [-0.2, 0) is 16.6 Å². The number of fused-ring (bicyclic) bond motifs is 1. The minimum absolute atomic E-state index is 0.380. The molecule has 0 radical (unpaired) electrons. The van der Waals surface area contributed by atoms with Crippen molar-refractivity contribution in [1.29, 1.82) is 0 Å². The van der Waals surface area contributed by atoms with Crippen molar-refractivity contribution in [3.8, 4) is 5.75 Å². The van der Waals surface area contributed by atoms with Crippen LogP contribution in [-0.4, -0.2) is 45.3 Å². The number of carboxylic acid groups (broad SMARTS) is 1. The van der Waals surface area contributed by atoms with Crippen molar-refractivity contribution >= 4 is 5.97 Å². The van der Waals surface area contributed by atoms with E-state index in [0.29, 0.717) is 16.7 Å². The van der Waals surface area contributed by atoms with Gasteiger partial charge in [0, 0.05) is 18.0 Å². The molecule has 34 heavy (non-hydrogen) atoms. The molecular formula is C29H37NO4. The lowest BCUT2D eigenvalue weighted by molar-refractivity contribution is -0.146. The number of piperidine rings is 1. The number of aliphatic hydroxyl groups excluding tert-OH is 1. The van der Waals surface area contributed by atoms with Gasteiger partial charge in [-0.05, 0) is 85.7 Å². The maximum Gasteiger partial charge on any atom is 0.337 e. The molecule has 3 fully saturated rings. The third-order valence-corrected chi connectivity index (χ3v) is 9.00. The summed E-state index contributed by atoms with van der Waals surface area (Å²) in [4.78, 5) is 13.1. The lowest BCUT2D eigenvalue weighted by Gasteiger charge is -2.59. The summed E-state index contributed by atoms with van der Waals surface area (Å²) in [5.41, 5.74) is 3.83. The zero-order chi connectivity index (χ0) is 23.7. The molecule has 0 spiro atoms. The molecule has 4 aliphatic rings. The minimum Gasteiger partial charge on any atom is -0.508 e. The van der Waals surface area contributed by atoms with Crippen LogP contribution in [0.15, 0.2) is 48.5 Å². The molecule has 5 heteroatoms. The summed E-state index contributed by atoms with van der Waals surface area (Å²) in [5.74, 6) is 1.06. The molecule has 0 aromatic heterocycles. The molecule has 2 aromatic rings. The van der Waals surface area contributed by atoms with Crippen molar-refractivity contribution in [2.24, 2.45) is 11.8 Å². The molecule has 3 aliphatic carbocycles. The Morgan fingerprint density at radius 2 is 1.82 bits per heavy atom. The fourth-order valence-corrected chi connectivity index (χ4v) is 7.08. The number of phenols is 1. The number of benzene rings is 2. The smallest absolute Gasteiger partial charge is 0.337 e. The third kappa shape index (κ3) is 4.36. The van der Waals surface area contributed by atoms with Gasteiger partial charge in [-0.15, -0.1) is 0 Å². The number of hydrogen-bond acceptors (Lipinski definition) is 4. The number of aromatic hydroxyl groups is 1. The molecule has 1 heterocycles. The molecule has 0 amide bonds. The van der Waals surface area contributed by atoms with Crippen LogP contribution in [0, 0.1) is 11.8 Å². The number of aliphatic hydroxyl groups is 1. The SMILES string of the molecule is O=C(O)[C@@H](O)c1ccccc1.Oc1ccc2c(c1)[C@@]13CCCC[C@H]1[C@H](C2)N(CC1CCC1)CC3. The first-order valence-electron chi connectivity index (χ1n) is 13.0. The summed E-state index contributed by atoms with van der Waals surface area (Å²) in [7, 11) is 0. The molecule has 1 aliphatic heterocycles. The van der Waals surface area contributed by atoms with E-state index in [1.165, 1.54) is 82.0 Å². The Balaban J connectivity index is 0.000000186. The van der Waals surface area contributed by atoms with Gasteiger partial charge in [-0.1, -0.05) is 55.7 Å². The van der Waals surface area contributed by atoms with Crippen LogP contribution in [0.5, 0.6) is 5.75 Å². The monoisotopic (exact) mass is 463 g/mol. The molecule has 5 nitrogen and oxygen atoms in total. The first-order valence-corrected chi connectivity index (χ1v) is 13.0. The van der Waals surface area contributed by atoms with Crippen molar-refractivity contribution in [2.45, 2.75) is 75.3 Å². The van der Waals surface area contributed by atoms with E-state index in [9.17, 15) is 9.90 Å². The van der Waals surface area contributed by atoms with Gasteiger partial charge in [0.25, 0.3) is 0 Å². The number of carbonyl (C=O) groups is 1. The van der Waals surface area contributed by atoms with E-state index in [1.807, 2.05) is 6.07 Å². The fraction of sp³-hybridized carbons (Fsp3) is 0.552. The molecule has 2 saturated carbocycles. The molecule has 2 bridgehead atoms. The highest BCUT2D eigenvalue weighted by atomic mass is 16.4. The zero-order valence-electron chi connectivity index (χ0n) is 19.9. The maximum atomic E-state index is 10.2. The summed E-state index contributed by atoms with van der Waals surface area (Å²) in [6.07, 6.45) is 11.0. The van der Waals surface area contributed by atoms with Crippen LogP contribution in [0.2, 0.25) is 0 Å². The van der Waals surface area contributed by atoms with Crippen LogP contribution in [0.1, 0.15) is 74.2 Å². The van der Waals surface area contributed by atoms with Gasteiger partial charge in [0.2, 0.25) is 0 Å². The summed E-state index contributed by atoms with van der Waals surface area (Å²) >= 11 is 0. The van der Waals surface area contributed by atoms with E-state index in [4.69, 9.17) is 10.2 Å². The Hall–Kier alpha value is -2.37. The van der Waals surface area contributed by atoms with Crippen LogP contribution in [0.3, 0.4) is 0 Å². The second-order valence-corrected chi connectivity index (χ2v) is 10.8. The predicted molar refractivity (Wildman–Crippen MR) is 132 cm³/mol. The van der Waals surface area contributed by atoms with Gasteiger partial charge < -0.3 is 15.3 Å². The molecule has 1 saturated heterocycles. The molecular weight excluding hydrogens is 426 g/mol. The van der Waals surface area contributed by atoms with Gasteiger partial charge in [0.1, 0.15) is 5.75 Å². The number of carboxylic acids is 1. The molecule has 6 rings (SSSR count). The van der Waals surface area contributed by atoms with E-state index in [1.54, 1.807) is 30.3 Å². The highest BCUT2D eigenvalue weighted by Gasteiger charge is 2.53. The molecule has 0 unspecified atom stereocenters. The quantitative estimate of drug-likeness (QED) is 0.591. The number of aliphatic carboxylic acids is 1. The van der Waals surface area contributed by atoms with Crippen molar-refractivity contribution in [2.75, 3.05) is 13.1 Å². The topological polar surface area (TPSA) is 81.0 Å².